The Balaban J connectivity index is 0. The van der Waals surface area contributed by atoms with Crippen molar-refractivity contribution in [3.05, 3.63) is 6.16 Å². The molecule has 0 aliphatic carbocycles. The Morgan fingerprint density at radius 2 is 1.80 bits per heavy atom. The van der Waals surface area contributed by atoms with Crippen LogP contribution in [-0.2, 0) is 18.4 Å². The van der Waals surface area contributed by atoms with Crippen LogP contribution in [0.15, 0.2) is 0 Å². The minimum atomic E-state index is -3.26. The summed E-state index contributed by atoms with van der Waals surface area (Å²) in [7, 11) is -0.732. The molecule has 0 fully saturated rings. The van der Waals surface area contributed by atoms with Gasteiger partial charge in [0.25, 0.3) is 0 Å². The van der Waals surface area contributed by atoms with E-state index in [1.165, 1.54) is 14.2 Å². The SMILES string of the molecule is CCCCCC(=O)[CH-]P(=O)(OC)OC.[Na+]. The molecule has 0 atom stereocenters. The molecule has 0 aliphatic rings. The van der Waals surface area contributed by atoms with E-state index >= 15 is 0 Å². The fourth-order valence-electron chi connectivity index (χ4n) is 0.970. The molecule has 0 N–H and O–H groups in total. The van der Waals surface area contributed by atoms with Crippen molar-refractivity contribution in [1.29, 1.82) is 0 Å². The zero-order chi connectivity index (χ0) is 11.0. The Kier molecular flexibility index (Phi) is 11.9. The first-order valence-electron chi connectivity index (χ1n) is 4.68. The average Bonchev–Trinajstić information content (AvgIpc) is 2.18. The van der Waals surface area contributed by atoms with E-state index in [0.29, 0.717) is 6.42 Å². The number of rotatable bonds is 8. The summed E-state index contributed by atoms with van der Waals surface area (Å²) in [4.78, 5) is 11.3. The first-order valence-corrected chi connectivity index (χ1v) is 6.29. The van der Waals surface area contributed by atoms with E-state index in [-0.39, 0.29) is 35.3 Å². The largest absolute Gasteiger partial charge is 1.00 e. The van der Waals surface area contributed by atoms with E-state index in [0.717, 1.165) is 25.4 Å². The van der Waals surface area contributed by atoms with Crippen LogP contribution in [0.3, 0.4) is 0 Å². The summed E-state index contributed by atoms with van der Waals surface area (Å²) >= 11 is 0. The van der Waals surface area contributed by atoms with Crippen LogP contribution in [-0.4, -0.2) is 20.0 Å². The second-order valence-corrected chi connectivity index (χ2v) is 5.03. The molecule has 0 bridgehead atoms. The molecular weight excluding hydrogens is 226 g/mol. The Labute approximate surface area is 114 Å². The smallest absolute Gasteiger partial charge is 0.334 e. The molecule has 0 aromatic heterocycles. The van der Waals surface area contributed by atoms with Crippen molar-refractivity contribution < 1.29 is 48.0 Å². The summed E-state index contributed by atoms with van der Waals surface area (Å²) in [5.74, 6) is -0.175. The maximum Gasteiger partial charge on any atom is 1.00 e. The van der Waals surface area contributed by atoms with E-state index < -0.39 is 7.60 Å². The van der Waals surface area contributed by atoms with Gasteiger partial charge in [0.1, 0.15) is 0 Å². The van der Waals surface area contributed by atoms with E-state index in [1.807, 2.05) is 0 Å². The second kappa shape index (κ2) is 9.88. The second-order valence-electron chi connectivity index (χ2n) is 2.96. The van der Waals surface area contributed by atoms with Crippen molar-refractivity contribution in [3.8, 4) is 0 Å². The summed E-state index contributed by atoms with van der Waals surface area (Å²) in [5.41, 5.74) is 0. The van der Waals surface area contributed by atoms with Crippen LogP contribution < -0.4 is 29.6 Å². The Morgan fingerprint density at radius 1 is 1.27 bits per heavy atom. The van der Waals surface area contributed by atoms with Gasteiger partial charge in [0.2, 0.25) is 7.60 Å². The maximum absolute atomic E-state index is 11.5. The van der Waals surface area contributed by atoms with Gasteiger partial charge in [-0.05, 0) is 12.8 Å². The standard InChI is InChI=1S/C9H18O4P.Na/c1-4-5-6-7-9(10)8-14(11,12-2)13-3;/h8H,4-7H2,1-3H3;/q-1;+1. The number of unbranched alkanes of at least 4 members (excludes halogenated alkanes) is 2. The molecule has 0 aromatic rings. The van der Waals surface area contributed by atoms with Crippen molar-refractivity contribution in [2.45, 2.75) is 32.6 Å². The van der Waals surface area contributed by atoms with Crippen LogP contribution in [0.1, 0.15) is 32.6 Å². The van der Waals surface area contributed by atoms with Crippen molar-refractivity contribution in [1.82, 2.24) is 0 Å². The minimum absolute atomic E-state index is 0. The fourth-order valence-corrected chi connectivity index (χ4v) is 1.81. The first kappa shape index (κ1) is 18.1. The van der Waals surface area contributed by atoms with Gasteiger partial charge < -0.3 is 13.8 Å². The van der Waals surface area contributed by atoms with Crippen LogP contribution in [0.2, 0.25) is 0 Å². The summed E-state index contributed by atoms with van der Waals surface area (Å²) in [5, 5.41) is 0. The van der Waals surface area contributed by atoms with E-state index in [2.05, 4.69) is 16.0 Å². The van der Waals surface area contributed by atoms with E-state index in [1.54, 1.807) is 0 Å². The van der Waals surface area contributed by atoms with Gasteiger partial charge in [-0.3, -0.25) is 4.57 Å². The molecule has 0 amide bonds. The number of hydrogen-bond donors (Lipinski definition) is 0. The Hall–Kier alpha value is 0.690. The molecular formula is C9H18NaO4P. The third-order valence-corrected chi connectivity index (χ3v) is 3.46. The molecule has 0 rings (SSSR count). The predicted octanol–water partition coefficient (Wildman–Crippen LogP) is -0.213. The molecule has 4 nitrogen and oxygen atoms in total. The molecule has 0 unspecified atom stereocenters. The van der Waals surface area contributed by atoms with Crippen LogP contribution in [0, 0.1) is 6.16 Å². The molecule has 0 radical (unpaired) electrons. The van der Waals surface area contributed by atoms with Crippen LogP contribution >= 0.6 is 7.60 Å². The van der Waals surface area contributed by atoms with Gasteiger partial charge in [-0.15, -0.1) is 0 Å². The van der Waals surface area contributed by atoms with E-state index in [9.17, 15) is 9.36 Å². The van der Waals surface area contributed by atoms with Gasteiger partial charge in [0, 0.05) is 20.0 Å². The first-order chi connectivity index (χ1) is 6.58. The van der Waals surface area contributed by atoms with E-state index in [4.69, 9.17) is 0 Å². The minimum Gasteiger partial charge on any atom is -0.334 e. The molecule has 0 saturated heterocycles. The van der Waals surface area contributed by atoms with Crippen molar-refractivity contribution in [2.24, 2.45) is 0 Å². The van der Waals surface area contributed by atoms with Crippen LogP contribution in [0.4, 0.5) is 0 Å². The number of hydrogen-bond acceptors (Lipinski definition) is 4. The number of carbonyl (C=O) groups excluding carboxylic acids is 1. The summed E-state index contributed by atoms with van der Waals surface area (Å²) < 4.78 is 20.7. The maximum atomic E-state index is 11.5. The molecule has 6 heteroatoms. The average molecular weight is 244 g/mol. The predicted molar refractivity (Wildman–Crippen MR) is 55.1 cm³/mol. The summed E-state index contributed by atoms with van der Waals surface area (Å²) in [6.07, 6.45) is 4.34. The van der Waals surface area contributed by atoms with Gasteiger partial charge in [0.15, 0.2) is 0 Å². The number of Topliss-reactive ketones (excluding diaryl/α,β-unsaturated/α-hetero) is 1. The zero-order valence-corrected chi connectivity index (χ0v) is 12.9. The topological polar surface area (TPSA) is 52.6 Å². The molecule has 84 valence electrons. The normalized spacial score (nSPS) is 10.6. The van der Waals surface area contributed by atoms with Crippen LogP contribution in [0.5, 0.6) is 0 Å². The molecule has 0 heterocycles. The Morgan fingerprint density at radius 3 is 2.20 bits per heavy atom. The van der Waals surface area contributed by atoms with Gasteiger partial charge in [-0.25, -0.2) is 6.16 Å². The monoisotopic (exact) mass is 244 g/mol. The fraction of sp³-hybridized carbons (Fsp3) is 0.778. The van der Waals surface area contributed by atoms with Crippen molar-refractivity contribution in [3.63, 3.8) is 0 Å². The van der Waals surface area contributed by atoms with Gasteiger partial charge in [0.05, 0.1) is 0 Å². The molecule has 0 saturated carbocycles. The Bertz CT molecular complexity index is 212. The van der Waals surface area contributed by atoms with Gasteiger partial charge >= 0.3 is 29.6 Å². The van der Waals surface area contributed by atoms with Crippen molar-refractivity contribution >= 4 is 13.4 Å². The van der Waals surface area contributed by atoms with Crippen molar-refractivity contribution in [2.75, 3.05) is 14.2 Å². The molecule has 15 heavy (non-hydrogen) atoms. The third-order valence-electron chi connectivity index (χ3n) is 1.84. The molecule has 0 aliphatic heterocycles. The third kappa shape index (κ3) is 8.49. The molecule has 0 aromatic carbocycles. The van der Waals surface area contributed by atoms with Crippen LogP contribution in [0.25, 0.3) is 0 Å². The quantitative estimate of drug-likeness (QED) is 0.256. The zero-order valence-electron chi connectivity index (χ0n) is 9.99. The van der Waals surface area contributed by atoms with Gasteiger partial charge in [-0.2, -0.15) is 0 Å². The summed E-state index contributed by atoms with van der Waals surface area (Å²) in [6, 6.07) is 0. The number of carbonyl (C=O) groups is 1. The van der Waals surface area contributed by atoms with Gasteiger partial charge in [-0.1, -0.05) is 19.8 Å². The number of ketones is 1. The summed E-state index contributed by atoms with van der Waals surface area (Å²) in [6.45, 7) is 2.06. The molecule has 0 spiro atoms.